The Bertz CT molecular complexity index is 460. The molecule has 80 valence electrons. The van der Waals surface area contributed by atoms with Crippen molar-refractivity contribution in [3.8, 4) is 0 Å². The van der Waals surface area contributed by atoms with E-state index in [-0.39, 0.29) is 12.7 Å². The van der Waals surface area contributed by atoms with Crippen molar-refractivity contribution in [1.82, 2.24) is 4.73 Å². The lowest BCUT2D eigenvalue weighted by Crippen LogP contribution is -2.17. The Labute approximate surface area is 88.9 Å². The highest BCUT2D eigenvalue weighted by molar-refractivity contribution is 5.83. The first-order chi connectivity index (χ1) is 7.22. The van der Waals surface area contributed by atoms with E-state index in [0.29, 0.717) is 0 Å². The van der Waals surface area contributed by atoms with Gasteiger partial charge in [-0.25, -0.2) is 0 Å². The van der Waals surface area contributed by atoms with Gasteiger partial charge in [-0.3, -0.25) is 0 Å². The van der Waals surface area contributed by atoms with Crippen molar-refractivity contribution < 1.29 is 9.94 Å². The second-order valence-corrected chi connectivity index (χ2v) is 3.81. The molecule has 3 nitrogen and oxygen atoms in total. The fourth-order valence-corrected chi connectivity index (χ4v) is 1.66. The molecule has 0 unspecified atom stereocenters. The highest BCUT2D eigenvalue weighted by Crippen LogP contribution is 2.20. The van der Waals surface area contributed by atoms with E-state index in [1.807, 2.05) is 44.3 Å². The van der Waals surface area contributed by atoms with E-state index in [1.54, 1.807) is 4.73 Å². The van der Waals surface area contributed by atoms with E-state index >= 15 is 0 Å². The Kier molecular flexibility index (Phi) is 2.64. The highest BCUT2D eigenvalue weighted by Gasteiger charge is 2.08. The van der Waals surface area contributed by atoms with Crippen molar-refractivity contribution in [3.05, 3.63) is 36.0 Å². The van der Waals surface area contributed by atoms with Gasteiger partial charge in [-0.2, -0.15) is 4.73 Å². The fourth-order valence-electron chi connectivity index (χ4n) is 1.66. The SMILES string of the molecule is CC(C)On1cc(CO)c2ccccc21. The van der Waals surface area contributed by atoms with Crippen molar-refractivity contribution >= 4 is 10.9 Å². The normalized spacial score (nSPS) is 11.2. The van der Waals surface area contributed by atoms with Crippen molar-refractivity contribution in [2.45, 2.75) is 26.6 Å². The Morgan fingerprint density at radius 3 is 2.73 bits per heavy atom. The maximum Gasteiger partial charge on any atom is 0.119 e. The van der Waals surface area contributed by atoms with Crippen molar-refractivity contribution in [2.75, 3.05) is 0 Å². The maximum absolute atomic E-state index is 9.21. The molecule has 0 saturated heterocycles. The van der Waals surface area contributed by atoms with Gasteiger partial charge in [0.25, 0.3) is 0 Å². The molecule has 0 saturated carbocycles. The summed E-state index contributed by atoms with van der Waals surface area (Å²) in [5.41, 5.74) is 1.89. The van der Waals surface area contributed by atoms with Gasteiger partial charge in [0.05, 0.1) is 18.3 Å². The molecule has 0 spiro atoms. The van der Waals surface area contributed by atoms with Gasteiger partial charge in [-0.05, 0) is 19.9 Å². The predicted molar refractivity (Wildman–Crippen MR) is 59.6 cm³/mol. The van der Waals surface area contributed by atoms with E-state index in [1.165, 1.54) is 0 Å². The van der Waals surface area contributed by atoms with Gasteiger partial charge in [0.2, 0.25) is 0 Å². The van der Waals surface area contributed by atoms with Gasteiger partial charge in [-0.15, -0.1) is 0 Å². The summed E-state index contributed by atoms with van der Waals surface area (Å²) in [6.45, 7) is 4.00. The van der Waals surface area contributed by atoms with Crippen molar-refractivity contribution in [2.24, 2.45) is 0 Å². The van der Waals surface area contributed by atoms with Crippen LogP contribution in [0.2, 0.25) is 0 Å². The van der Waals surface area contributed by atoms with Crippen molar-refractivity contribution in [3.63, 3.8) is 0 Å². The highest BCUT2D eigenvalue weighted by atomic mass is 16.7. The van der Waals surface area contributed by atoms with E-state index in [4.69, 9.17) is 4.84 Å². The van der Waals surface area contributed by atoms with Crippen LogP contribution < -0.4 is 4.84 Å². The number of aliphatic hydroxyl groups excluding tert-OH is 1. The van der Waals surface area contributed by atoms with Gasteiger partial charge >= 0.3 is 0 Å². The Hall–Kier alpha value is -1.48. The first-order valence-electron chi connectivity index (χ1n) is 5.09. The first-order valence-corrected chi connectivity index (χ1v) is 5.09. The van der Waals surface area contributed by atoms with E-state index < -0.39 is 0 Å². The van der Waals surface area contributed by atoms with Crippen LogP contribution in [0.15, 0.2) is 30.5 Å². The summed E-state index contributed by atoms with van der Waals surface area (Å²) in [5, 5.41) is 10.3. The summed E-state index contributed by atoms with van der Waals surface area (Å²) in [7, 11) is 0. The van der Waals surface area contributed by atoms with Crippen LogP contribution in [0.5, 0.6) is 0 Å². The molecule has 0 fully saturated rings. The molecule has 1 aromatic carbocycles. The number of para-hydroxylation sites is 1. The maximum atomic E-state index is 9.21. The lowest BCUT2D eigenvalue weighted by Gasteiger charge is -2.10. The van der Waals surface area contributed by atoms with Gasteiger partial charge in [-0.1, -0.05) is 18.2 Å². The molecule has 2 rings (SSSR count). The van der Waals surface area contributed by atoms with Crippen LogP contribution in [-0.2, 0) is 6.61 Å². The molecule has 0 aliphatic carbocycles. The zero-order valence-corrected chi connectivity index (χ0v) is 8.97. The third-order valence-electron chi connectivity index (χ3n) is 2.26. The topological polar surface area (TPSA) is 34.4 Å². The molecule has 0 amide bonds. The minimum Gasteiger partial charge on any atom is -0.411 e. The molecule has 0 bridgehead atoms. The smallest absolute Gasteiger partial charge is 0.119 e. The summed E-state index contributed by atoms with van der Waals surface area (Å²) >= 11 is 0. The molecule has 1 aromatic heterocycles. The van der Waals surface area contributed by atoms with Crippen LogP contribution in [0.25, 0.3) is 10.9 Å². The number of nitrogens with zero attached hydrogens (tertiary/aromatic N) is 1. The molecule has 15 heavy (non-hydrogen) atoms. The summed E-state index contributed by atoms with van der Waals surface area (Å²) in [6.07, 6.45) is 1.96. The van der Waals surface area contributed by atoms with Gasteiger partial charge in [0, 0.05) is 10.9 Å². The minimum atomic E-state index is 0.0367. The number of hydrogen-bond donors (Lipinski definition) is 1. The molecule has 3 heteroatoms. The molecular weight excluding hydrogens is 190 g/mol. The largest absolute Gasteiger partial charge is 0.411 e. The molecule has 0 aliphatic rings. The number of rotatable bonds is 3. The third kappa shape index (κ3) is 1.83. The summed E-state index contributed by atoms with van der Waals surface area (Å²) in [4.78, 5) is 5.62. The van der Waals surface area contributed by atoms with Crippen molar-refractivity contribution in [1.29, 1.82) is 0 Å². The van der Waals surface area contributed by atoms with Gasteiger partial charge in [0.1, 0.15) is 6.10 Å². The van der Waals surface area contributed by atoms with Gasteiger partial charge in [0.15, 0.2) is 0 Å². The second-order valence-electron chi connectivity index (χ2n) is 3.81. The molecular formula is C12H15NO2. The summed E-state index contributed by atoms with van der Waals surface area (Å²) in [6, 6.07) is 7.89. The monoisotopic (exact) mass is 205 g/mol. The minimum absolute atomic E-state index is 0.0367. The van der Waals surface area contributed by atoms with Crippen LogP contribution >= 0.6 is 0 Å². The lowest BCUT2D eigenvalue weighted by atomic mass is 10.2. The zero-order valence-electron chi connectivity index (χ0n) is 8.97. The summed E-state index contributed by atoms with van der Waals surface area (Å²) in [5.74, 6) is 0. The summed E-state index contributed by atoms with van der Waals surface area (Å²) < 4.78 is 1.73. The standard InChI is InChI=1S/C12H15NO2/c1-9(2)15-13-7-10(8-14)11-5-3-4-6-12(11)13/h3-7,9,14H,8H2,1-2H3. The van der Waals surface area contributed by atoms with Gasteiger partial charge < -0.3 is 9.94 Å². The molecule has 2 aromatic rings. The third-order valence-corrected chi connectivity index (χ3v) is 2.26. The number of fused-ring (bicyclic) bond motifs is 1. The molecule has 0 radical (unpaired) electrons. The average Bonchev–Trinajstić information content (AvgIpc) is 2.56. The predicted octanol–water partition coefficient (Wildman–Crippen LogP) is 1.97. The van der Waals surface area contributed by atoms with Crippen LogP contribution in [-0.4, -0.2) is 15.9 Å². The van der Waals surface area contributed by atoms with Crippen LogP contribution in [0, 0.1) is 0 Å². The first kappa shape index (κ1) is 10.1. The van der Waals surface area contributed by atoms with Crippen LogP contribution in [0.3, 0.4) is 0 Å². The quantitative estimate of drug-likeness (QED) is 0.831. The Morgan fingerprint density at radius 1 is 1.33 bits per heavy atom. The van der Waals surface area contributed by atoms with E-state index in [2.05, 4.69) is 0 Å². The number of aliphatic hydroxyl groups is 1. The van der Waals surface area contributed by atoms with Crippen LogP contribution in [0.1, 0.15) is 19.4 Å². The molecule has 1 N–H and O–H groups in total. The van der Waals surface area contributed by atoms with Crippen LogP contribution in [0.4, 0.5) is 0 Å². The van der Waals surface area contributed by atoms with E-state index in [9.17, 15) is 5.11 Å². The lowest BCUT2D eigenvalue weighted by molar-refractivity contribution is 0.0680. The number of benzene rings is 1. The fraction of sp³-hybridized carbons (Fsp3) is 0.333. The molecule has 0 atom stereocenters. The van der Waals surface area contributed by atoms with E-state index in [0.717, 1.165) is 16.5 Å². The Balaban J connectivity index is 2.55. The average molecular weight is 205 g/mol. The molecule has 0 aliphatic heterocycles. The second kappa shape index (κ2) is 3.95. The Morgan fingerprint density at radius 2 is 2.07 bits per heavy atom. The zero-order chi connectivity index (χ0) is 10.8. The molecule has 1 heterocycles. The number of aromatic nitrogens is 1. The number of hydrogen-bond acceptors (Lipinski definition) is 2.